The zero-order valence-electron chi connectivity index (χ0n) is 80.4. The average molecular weight is 2150 g/mol. The van der Waals surface area contributed by atoms with E-state index < -0.39 is 30.6 Å². The molecule has 40 heteroatoms. The highest BCUT2D eigenvalue weighted by molar-refractivity contribution is 7.60. The molecule has 7 fully saturated rings. The van der Waals surface area contributed by atoms with Gasteiger partial charge in [-0.05, 0) is 164 Å². The number of likely N-dealkylation sites (tertiary alicyclic amines) is 4. The molecule has 10 aliphatic heterocycles. The van der Waals surface area contributed by atoms with Crippen molar-refractivity contribution in [3.63, 3.8) is 0 Å². The van der Waals surface area contributed by atoms with Gasteiger partial charge in [0.25, 0.3) is 5.91 Å². The largest absolute Gasteiger partial charge is 0.462 e. The summed E-state index contributed by atoms with van der Waals surface area (Å²) in [6.07, 6.45) is 14.5. The zero-order valence-corrected chi connectivity index (χ0v) is 88.6. The zero-order chi connectivity index (χ0) is 94.6. The summed E-state index contributed by atoms with van der Waals surface area (Å²) in [6, 6.07) is 37.5. The van der Waals surface area contributed by atoms with Gasteiger partial charge in [-0.15, -0.1) is 0 Å². The van der Waals surface area contributed by atoms with Crippen molar-refractivity contribution in [3.05, 3.63) is 229 Å². The van der Waals surface area contributed by atoms with Crippen LogP contribution in [-0.2, 0) is 53.3 Å². The molecule has 1 unspecified atom stereocenters. The molecular formula is C104H136Cl3F3N22O6S6. The smallest absolute Gasteiger partial charge is 0.318 e. The summed E-state index contributed by atoms with van der Waals surface area (Å²) in [6.45, 7) is 39.9. The Hall–Kier alpha value is -9.76. The molecule has 9 aromatic rings. The lowest BCUT2D eigenvalue weighted by atomic mass is 10.0. The Balaban J connectivity index is 0.000000235. The van der Waals surface area contributed by atoms with E-state index in [4.69, 9.17) is 98.6 Å². The van der Waals surface area contributed by atoms with E-state index in [-0.39, 0.29) is 146 Å². The number of fused-ring (bicyclic) bond motifs is 6. The monoisotopic (exact) mass is 2140 g/mol. The van der Waals surface area contributed by atoms with Crippen molar-refractivity contribution in [2.24, 2.45) is 0 Å². The first-order chi connectivity index (χ1) is 66.2. The second-order valence-electron chi connectivity index (χ2n) is 36.8. The van der Waals surface area contributed by atoms with E-state index in [0.717, 1.165) is 201 Å². The fraction of sp³-hybridized carbons (Fsp3) is 0.481. The van der Waals surface area contributed by atoms with Crippen molar-refractivity contribution < 1.29 is 41.8 Å². The van der Waals surface area contributed by atoms with Crippen LogP contribution in [0.15, 0.2) is 146 Å². The SMILES string of the molecule is C.C.S.S.S.S.S.S.[C-]#[N+]C[C@H]1CN(c2nc(OC[C@@H]3CCCN3C)nc3c2CCN(c2cccc4cccc(Cl)c24)C3)CCN1C(=O)/C=C/CF.[C-]#[N+]C[C@H]1CN(c2nc(OC[C@@H]3CCCN3C)nc3c2CCN(c2cccc4cccc(Cl)c24)C3)CCN1C(=O)/C=C/CN1CCC(F)C1.[C-]#[N+]C[C@H]1CN(c2nc(OC[C@@H]3CCCN3C)nc3c2CCN(c2cccc4cccc(Cl)c24)C3)CCN1C(=O)C(=C)F. The number of halogens is 6. The minimum absolute atomic E-state index is 0. The van der Waals surface area contributed by atoms with Crippen LogP contribution in [0.5, 0.6) is 18.0 Å². The van der Waals surface area contributed by atoms with Gasteiger partial charge in [0.15, 0.2) is 5.83 Å². The van der Waals surface area contributed by atoms with Crippen LogP contribution >= 0.6 is 116 Å². The summed E-state index contributed by atoms with van der Waals surface area (Å²) in [7, 11) is 6.36. The molecule has 7 atom stereocenters. The van der Waals surface area contributed by atoms with Crippen LogP contribution in [0.1, 0.15) is 93.6 Å². The van der Waals surface area contributed by atoms with E-state index in [1.54, 1.807) is 15.9 Å². The number of benzene rings is 6. The Morgan fingerprint density at radius 2 is 0.750 bits per heavy atom. The third kappa shape index (κ3) is 27.2. The minimum atomic E-state index is -1.01. The predicted octanol–water partition coefficient (Wildman–Crippen LogP) is 16.3. The number of piperazine rings is 3. The fourth-order valence-electron chi connectivity index (χ4n) is 21.0. The van der Waals surface area contributed by atoms with E-state index >= 15 is 0 Å². The number of carbonyl (C=O) groups excluding carboxylic acids is 3. The van der Waals surface area contributed by atoms with E-state index in [1.165, 1.54) is 17.1 Å². The van der Waals surface area contributed by atoms with Gasteiger partial charge >= 0.3 is 18.0 Å². The summed E-state index contributed by atoms with van der Waals surface area (Å²) < 4.78 is 59.0. The molecule has 19 rings (SSSR count). The van der Waals surface area contributed by atoms with Gasteiger partial charge in [0.05, 0.1) is 51.8 Å². The average Bonchev–Trinajstić information content (AvgIpc) is 0.837. The van der Waals surface area contributed by atoms with Gasteiger partial charge in [-0.3, -0.25) is 19.3 Å². The number of allylic oxidation sites excluding steroid dienone is 1. The second-order valence-corrected chi connectivity index (χ2v) is 38.0. The molecule has 10 aliphatic rings. The van der Waals surface area contributed by atoms with Crippen LogP contribution in [0.2, 0.25) is 15.1 Å². The minimum Gasteiger partial charge on any atom is -0.462 e. The Morgan fingerprint density at radius 3 is 1.06 bits per heavy atom. The van der Waals surface area contributed by atoms with Gasteiger partial charge in [-0.1, -0.05) is 135 Å². The van der Waals surface area contributed by atoms with Crippen LogP contribution in [0, 0.1) is 19.7 Å². The van der Waals surface area contributed by atoms with Crippen LogP contribution in [0.3, 0.4) is 0 Å². The summed E-state index contributed by atoms with van der Waals surface area (Å²) in [5, 5.41) is 8.51. The van der Waals surface area contributed by atoms with Crippen molar-refractivity contribution in [3.8, 4) is 18.0 Å². The van der Waals surface area contributed by atoms with Gasteiger partial charge < -0.3 is 87.5 Å². The van der Waals surface area contributed by atoms with Crippen molar-refractivity contribution >= 4 is 200 Å². The lowest BCUT2D eigenvalue weighted by molar-refractivity contribution is -0.131. The quantitative estimate of drug-likeness (QED) is 0.0406. The maximum atomic E-state index is 13.8. The molecule has 0 aliphatic carbocycles. The number of likely N-dealkylation sites (N-methyl/N-ethyl adjacent to an activating group) is 3. The molecule has 7 saturated heterocycles. The maximum absolute atomic E-state index is 13.8. The number of aromatic nitrogens is 6. The first kappa shape index (κ1) is 118. The van der Waals surface area contributed by atoms with E-state index in [9.17, 15) is 27.6 Å². The number of ether oxygens (including phenoxy) is 3. The van der Waals surface area contributed by atoms with Crippen molar-refractivity contribution in [1.82, 2.24) is 64.2 Å². The summed E-state index contributed by atoms with van der Waals surface area (Å²) >= 11 is 20.1. The normalized spacial score (nSPS) is 20.5. The molecule has 144 heavy (non-hydrogen) atoms. The van der Waals surface area contributed by atoms with Crippen LogP contribution in [0.4, 0.5) is 47.7 Å². The number of anilines is 6. The molecule has 3 aromatic heterocycles. The third-order valence-electron chi connectivity index (χ3n) is 28.3. The van der Waals surface area contributed by atoms with E-state index in [2.05, 4.69) is 153 Å². The van der Waals surface area contributed by atoms with Gasteiger partial charge in [0.1, 0.15) is 68.2 Å². The Labute approximate surface area is 902 Å². The van der Waals surface area contributed by atoms with Crippen LogP contribution in [-0.4, -0.2) is 309 Å². The van der Waals surface area contributed by atoms with Crippen molar-refractivity contribution in [1.29, 1.82) is 0 Å². The van der Waals surface area contributed by atoms with Gasteiger partial charge in [0, 0.05) is 178 Å². The number of hydrogen-bond donors (Lipinski definition) is 0. The number of rotatable bonds is 24. The highest BCUT2D eigenvalue weighted by Crippen LogP contribution is 2.43. The number of amides is 3. The molecule has 6 aromatic carbocycles. The molecule has 0 saturated carbocycles. The van der Waals surface area contributed by atoms with Gasteiger partial charge in [-0.2, -0.15) is 111 Å². The standard InChI is InChI=1S/C37H44ClFN8O2.C33H37ClFN7O2.C32H35ClFN7O2.2CH4.6H2S/c1-40-21-29-23-46(19-20-47(29)34(48)12-6-16-44-17-13-27(39)22-44)36-30-14-18-45(33-11-4-8-26-7-3-10-31(38)35(26)33)24-32(30)41-37(42-36)49-25-28-9-5-15-43(28)2;1-36-19-25-20-41(17-18-42(25)30(43)12-5-14-35)32-26-13-16-40(29-11-4-8-23-7-3-10-27(34)31(23)29)21-28(26)37-33(38-32)44-22-24-9-6-15-39(24)2;1-21(34)31(42)41-16-15-40(18-24(41)17-35-2)30-25-12-14-39(28-11-5-8-22-7-4-10-26(33)29(22)28)19-27(25)36-32(37-30)43-20-23-9-6-13-38(23)3;;;;;;;;/h3-4,6-8,10-12,27-29H,5,9,13-25H2,2H3;3-5,7-8,10-12,24-25H,6,9,13-22H2,2H3;4-5,7-8,10-11,23-24H,1,6,9,12-20H2,3H3;2*1H4;6*1H2/b12-6+;12-5+;;;;;;;;;/t27?,28-,29-;24-,25-;23-,24-;;;;;;;;/m000......../s1. The number of hydrogen-bond acceptors (Lipinski definition) is 22. The Bertz CT molecular complexity index is 6100. The molecule has 0 N–H and O–H groups in total. The topological polar surface area (TPSA) is 211 Å². The molecule has 776 valence electrons. The first-order valence-electron chi connectivity index (χ1n) is 47.4. The maximum Gasteiger partial charge on any atom is 0.318 e. The molecule has 0 spiro atoms. The molecule has 0 radical (unpaired) electrons. The summed E-state index contributed by atoms with van der Waals surface area (Å²) in [4.78, 5) is 107. The molecule has 0 bridgehead atoms. The highest BCUT2D eigenvalue weighted by atomic mass is 35.5. The lowest BCUT2D eigenvalue weighted by Crippen LogP contribution is -2.57. The van der Waals surface area contributed by atoms with Gasteiger partial charge in [-0.25, -0.2) is 32.9 Å². The number of carbonyl (C=O) groups is 3. The third-order valence-corrected chi connectivity index (χ3v) is 29.3. The van der Waals surface area contributed by atoms with E-state index in [1.807, 2.05) is 53.4 Å². The number of nitrogens with zero attached hydrogens (tertiary/aromatic N) is 22. The van der Waals surface area contributed by atoms with E-state index in [0.29, 0.717) is 165 Å². The summed E-state index contributed by atoms with van der Waals surface area (Å²) in [5.74, 6) is 0.259. The molecule has 3 amide bonds. The van der Waals surface area contributed by atoms with Crippen LogP contribution in [0.25, 0.3) is 46.9 Å². The molecular weight excluding hydrogens is 2010 g/mol. The fourth-order valence-corrected chi connectivity index (χ4v) is 21.8. The van der Waals surface area contributed by atoms with Crippen LogP contribution < -0.4 is 43.6 Å². The Morgan fingerprint density at radius 1 is 0.424 bits per heavy atom. The first-order valence-corrected chi connectivity index (χ1v) is 48.5. The van der Waals surface area contributed by atoms with Gasteiger partial charge in [0.2, 0.25) is 31.4 Å². The lowest BCUT2D eigenvalue weighted by Gasteiger charge is -2.41. The Kier molecular flexibility index (Phi) is 44.8. The summed E-state index contributed by atoms with van der Waals surface area (Å²) in [5.41, 5.74) is 9.11. The predicted molar refractivity (Wildman–Crippen MR) is 604 cm³/mol. The van der Waals surface area contributed by atoms with Crippen molar-refractivity contribution in [2.45, 2.75) is 141 Å². The second kappa shape index (κ2) is 54.8. The van der Waals surface area contributed by atoms with Crippen molar-refractivity contribution in [2.75, 3.05) is 214 Å². The highest BCUT2D eigenvalue weighted by Gasteiger charge is 2.42. The molecule has 13 heterocycles. The molecule has 28 nitrogen and oxygen atoms in total. The number of alkyl halides is 2.